The van der Waals surface area contributed by atoms with Crippen molar-refractivity contribution in [2.75, 3.05) is 5.75 Å². The van der Waals surface area contributed by atoms with Gasteiger partial charge in [0.25, 0.3) is 0 Å². The lowest BCUT2D eigenvalue weighted by molar-refractivity contribution is -0.142. The molecule has 0 aromatic heterocycles. The molecule has 0 saturated heterocycles. The molecule has 39 heavy (non-hydrogen) atoms. The highest BCUT2D eigenvalue weighted by Crippen LogP contribution is 2.11. The number of phenolic OH excluding ortho intramolecular Hbond substituents is 1. The van der Waals surface area contributed by atoms with E-state index in [0.29, 0.717) is 11.1 Å². The van der Waals surface area contributed by atoms with Crippen molar-refractivity contribution in [2.45, 2.75) is 49.9 Å². The molecule has 13 heteroatoms. The second kappa shape index (κ2) is 15.3. The molecule has 0 aliphatic carbocycles. The largest absolute Gasteiger partial charge is 0.508 e. The molecular formula is C26H33N5O7S. The minimum absolute atomic E-state index is 0.0220. The predicted octanol–water partition coefficient (Wildman–Crippen LogP) is -0.761. The number of nitrogens with one attached hydrogen (secondary N) is 3. The fourth-order valence-electron chi connectivity index (χ4n) is 3.60. The summed E-state index contributed by atoms with van der Waals surface area (Å²) in [6, 6.07) is 10.1. The van der Waals surface area contributed by atoms with Crippen LogP contribution in [0.3, 0.4) is 0 Å². The summed E-state index contributed by atoms with van der Waals surface area (Å²) in [5.41, 5.74) is 12.5. The third-order valence-corrected chi connectivity index (χ3v) is 6.12. The number of thiol groups is 1. The fraction of sp³-hybridized carbons (Fsp3) is 0.346. The molecule has 0 saturated carbocycles. The lowest BCUT2D eigenvalue weighted by Crippen LogP contribution is -2.58. The van der Waals surface area contributed by atoms with E-state index in [2.05, 4.69) is 28.6 Å². The summed E-state index contributed by atoms with van der Waals surface area (Å²) >= 11 is 4.14. The van der Waals surface area contributed by atoms with Crippen LogP contribution in [-0.4, -0.2) is 69.7 Å². The maximum Gasteiger partial charge on any atom is 0.326 e. The van der Waals surface area contributed by atoms with Crippen molar-refractivity contribution in [3.63, 3.8) is 0 Å². The van der Waals surface area contributed by atoms with Gasteiger partial charge >= 0.3 is 5.97 Å². The lowest BCUT2D eigenvalue weighted by Gasteiger charge is -2.24. The minimum Gasteiger partial charge on any atom is -0.508 e. The maximum atomic E-state index is 13.1. The van der Waals surface area contributed by atoms with Crippen LogP contribution < -0.4 is 27.4 Å². The van der Waals surface area contributed by atoms with Gasteiger partial charge in [-0.1, -0.05) is 42.5 Å². The number of rotatable bonds is 15. The first kappa shape index (κ1) is 31.1. The van der Waals surface area contributed by atoms with Gasteiger partial charge in [0.05, 0.1) is 6.04 Å². The number of carboxylic acids is 1. The Morgan fingerprint density at radius 3 is 1.87 bits per heavy atom. The first-order valence-corrected chi connectivity index (χ1v) is 12.7. The molecule has 9 N–H and O–H groups in total. The van der Waals surface area contributed by atoms with Gasteiger partial charge in [-0.25, -0.2) is 4.79 Å². The maximum absolute atomic E-state index is 13.1. The third kappa shape index (κ3) is 10.7. The second-order valence-corrected chi connectivity index (χ2v) is 9.24. The van der Waals surface area contributed by atoms with E-state index in [1.807, 2.05) is 0 Å². The van der Waals surface area contributed by atoms with Crippen molar-refractivity contribution < 1.29 is 34.2 Å². The topological polar surface area (TPSA) is 214 Å². The molecule has 12 nitrogen and oxygen atoms in total. The van der Waals surface area contributed by atoms with Crippen molar-refractivity contribution in [3.8, 4) is 5.75 Å². The number of aromatic hydroxyl groups is 1. The molecule has 2 aromatic rings. The monoisotopic (exact) mass is 559 g/mol. The van der Waals surface area contributed by atoms with E-state index in [4.69, 9.17) is 11.5 Å². The molecule has 0 aliphatic heterocycles. The number of primary amides is 1. The number of hydrogen-bond acceptors (Lipinski definition) is 8. The van der Waals surface area contributed by atoms with Gasteiger partial charge in [0.1, 0.15) is 23.9 Å². The normalized spacial score (nSPS) is 13.8. The van der Waals surface area contributed by atoms with Crippen LogP contribution in [0.25, 0.3) is 0 Å². The molecule has 0 heterocycles. The Hall–Kier alpha value is -4.10. The summed E-state index contributed by atoms with van der Waals surface area (Å²) in [7, 11) is 0. The summed E-state index contributed by atoms with van der Waals surface area (Å²) in [5, 5.41) is 26.3. The van der Waals surface area contributed by atoms with E-state index in [1.165, 1.54) is 12.1 Å². The molecular weight excluding hydrogens is 526 g/mol. The van der Waals surface area contributed by atoms with E-state index < -0.39 is 53.8 Å². The number of amides is 4. The summed E-state index contributed by atoms with van der Waals surface area (Å²) in [6.07, 6.45) is -0.316. The SMILES string of the molecule is NC(=O)CCC(NC(=O)C(Cc1ccccc1)NC(=O)C(CS)NC(=O)C(N)Cc1ccc(O)cc1)C(=O)O. The van der Waals surface area contributed by atoms with Crippen molar-refractivity contribution >= 4 is 42.2 Å². The number of carbonyl (C=O) groups excluding carboxylic acids is 4. The number of carbonyl (C=O) groups is 5. The van der Waals surface area contributed by atoms with Gasteiger partial charge in [-0.2, -0.15) is 12.6 Å². The molecule has 0 bridgehead atoms. The number of carboxylic acid groups (broad SMARTS) is 1. The van der Waals surface area contributed by atoms with E-state index in [0.717, 1.165) is 0 Å². The summed E-state index contributed by atoms with van der Waals surface area (Å²) in [6.45, 7) is 0. The highest BCUT2D eigenvalue weighted by atomic mass is 32.1. The smallest absolute Gasteiger partial charge is 0.326 e. The van der Waals surface area contributed by atoms with Crippen LogP contribution in [0.5, 0.6) is 5.75 Å². The standard InChI is InChI=1S/C26H33N5O7S/c27-18(12-16-6-8-17(32)9-7-16)23(34)31-21(14-39)25(36)30-20(13-15-4-2-1-3-5-15)24(35)29-19(26(37)38)10-11-22(28)33/h1-9,18-21,32,39H,10-14,27H2,(H2,28,33)(H,29,35)(H,30,36)(H,31,34)(H,37,38). The van der Waals surface area contributed by atoms with E-state index in [-0.39, 0.29) is 37.2 Å². The van der Waals surface area contributed by atoms with Gasteiger partial charge in [0.15, 0.2) is 0 Å². The summed E-state index contributed by atoms with van der Waals surface area (Å²) in [4.78, 5) is 61.5. The average molecular weight is 560 g/mol. The number of benzene rings is 2. The Kier molecular flexibility index (Phi) is 12.2. The highest BCUT2D eigenvalue weighted by Gasteiger charge is 2.30. The number of hydrogen-bond donors (Lipinski definition) is 8. The molecule has 0 spiro atoms. The Bertz CT molecular complexity index is 1150. The summed E-state index contributed by atoms with van der Waals surface area (Å²) < 4.78 is 0. The van der Waals surface area contributed by atoms with Crippen LogP contribution in [0.4, 0.5) is 0 Å². The molecule has 210 valence electrons. The number of nitrogens with two attached hydrogens (primary N) is 2. The summed E-state index contributed by atoms with van der Waals surface area (Å²) in [5.74, 6) is -4.27. The Balaban J connectivity index is 2.11. The van der Waals surface area contributed by atoms with Crippen molar-refractivity contribution in [1.82, 2.24) is 16.0 Å². The van der Waals surface area contributed by atoms with Gasteiger partial charge in [-0.15, -0.1) is 0 Å². The first-order chi connectivity index (χ1) is 18.5. The van der Waals surface area contributed by atoms with E-state index in [9.17, 15) is 34.2 Å². The molecule has 4 amide bonds. The third-order valence-electron chi connectivity index (χ3n) is 5.75. The van der Waals surface area contributed by atoms with E-state index >= 15 is 0 Å². The quantitative estimate of drug-likeness (QED) is 0.130. The van der Waals surface area contributed by atoms with Crippen LogP contribution in [0.1, 0.15) is 24.0 Å². The van der Waals surface area contributed by atoms with Crippen molar-refractivity contribution in [1.29, 1.82) is 0 Å². The van der Waals surface area contributed by atoms with E-state index in [1.54, 1.807) is 42.5 Å². The molecule has 2 aromatic carbocycles. The predicted molar refractivity (Wildman–Crippen MR) is 146 cm³/mol. The van der Waals surface area contributed by atoms with Gasteiger partial charge < -0.3 is 37.6 Å². The average Bonchev–Trinajstić information content (AvgIpc) is 2.90. The second-order valence-electron chi connectivity index (χ2n) is 8.88. The minimum atomic E-state index is -1.40. The number of phenols is 1. The lowest BCUT2D eigenvalue weighted by atomic mass is 10.0. The molecule has 4 atom stereocenters. The highest BCUT2D eigenvalue weighted by molar-refractivity contribution is 7.80. The zero-order valence-corrected chi connectivity index (χ0v) is 22.0. The zero-order valence-electron chi connectivity index (χ0n) is 21.1. The fourth-order valence-corrected chi connectivity index (χ4v) is 3.86. The molecule has 0 fully saturated rings. The number of aliphatic carboxylic acids is 1. The molecule has 2 rings (SSSR count). The Morgan fingerprint density at radius 2 is 1.31 bits per heavy atom. The Morgan fingerprint density at radius 1 is 0.769 bits per heavy atom. The molecule has 0 aliphatic rings. The van der Waals surface area contributed by atoms with Crippen LogP contribution in [0.2, 0.25) is 0 Å². The van der Waals surface area contributed by atoms with Crippen LogP contribution >= 0.6 is 12.6 Å². The molecule has 4 unspecified atom stereocenters. The van der Waals surface area contributed by atoms with Gasteiger partial charge in [0, 0.05) is 18.6 Å². The Labute approximate surface area is 230 Å². The van der Waals surface area contributed by atoms with Crippen LogP contribution in [0, 0.1) is 0 Å². The van der Waals surface area contributed by atoms with Gasteiger partial charge in [0.2, 0.25) is 23.6 Å². The first-order valence-electron chi connectivity index (χ1n) is 12.1. The van der Waals surface area contributed by atoms with Gasteiger partial charge in [-0.05, 0) is 36.1 Å². The van der Waals surface area contributed by atoms with Crippen LogP contribution in [0.15, 0.2) is 54.6 Å². The zero-order chi connectivity index (χ0) is 28.9. The molecule has 0 radical (unpaired) electrons. The van der Waals surface area contributed by atoms with Crippen molar-refractivity contribution in [3.05, 3.63) is 65.7 Å². The van der Waals surface area contributed by atoms with Crippen LogP contribution in [-0.2, 0) is 36.8 Å². The van der Waals surface area contributed by atoms with Gasteiger partial charge in [-0.3, -0.25) is 19.2 Å². The van der Waals surface area contributed by atoms with Crippen molar-refractivity contribution in [2.24, 2.45) is 11.5 Å².